The summed E-state index contributed by atoms with van der Waals surface area (Å²) in [6.07, 6.45) is 9.90. The summed E-state index contributed by atoms with van der Waals surface area (Å²) in [5.41, 5.74) is 5.22. The molecule has 0 amide bonds. The van der Waals surface area contributed by atoms with Gasteiger partial charge in [0.15, 0.2) is 0 Å². The predicted octanol–water partition coefficient (Wildman–Crippen LogP) is 6.81. The smallest absolute Gasteiger partial charge is 0.212 e. The molecule has 0 bridgehead atoms. The van der Waals surface area contributed by atoms with E-state index in [1.54, 1.807) is 22.5 Å². The van der Waals surface area contributed by atoms with E-state index >= 15 is 0 Å². The molecule has 5 rings (SSSR count). The summed E-state index contributed by atoms with van der Waals surface area (Å²) in [5, 5.41) is 0.834. The highest BCUT2D eigenvalue weighted by atomic mass is 35.5. The molecule has 0 radical (unpaired) electrons. The first-order valence-corrected chi connectivity index (χ1v) is 13.8. The van der Waals surface area contributed by atoms with Crippen LogP contribution in [0.5, 0.6) is 0 Å². The molecule has 2 aromatic rings. The van der Waals surface area contributed by atoms with Crippen molar-refractivity contribution in [2.24, 2.45) is 0 Å². The van der Waals surface area contributed by atoms with E-state index in [0.717, 1.165) is 6.42 Å². The van der Waals surface area contributed by atoms with E-state index in [0.29, 0.717) is 40.0 Å². The van der Waals surface area contributed by atoms with E-state index in [1.807, 2.05) is 0 Å². The van der Waals surface area contributed by atoms with Gasteiger partial charge in [0, 0.05) is 13.1 Å². The van der Waals surface area contributed by atoms with Gasteiger partial charge >= 0.3 is 0 Å². The van der Waals surface area contributed by atoms with Crippen molar-refractivity contribution in [1.82, 2.24) is 4.31 Å². The summed E-state index contributed by atoms with van der Waals surface area (Å²) in [7, 11) is -3.46. The lowest BCUT2D eigenvalue weighted by atomic mass is 9.59. The van der Waals surface area contributed by atoms with E-state index in [4.69, 9.17) is 23.2 Å². The van der Waals surface area contributed by atoms with Gasteiger partial charge in [0.2, 0.25) is 10.0 Å². The minimum atomic E-state index is -3.46. The maximum atomic E-state index is 13.4. The van der Waals surface area contributed by atoms with Gasteiger partial charge in [0.1, 0.15) is 0 Å². The highest BCUT2D eigenvalue weighted by Crippen LogP contribution is 2.53. The summed E-state index contributed by atoms with van der Waals surface area (Å²) in [6.45, 7) is 1.05. The van der Waals surface area contributed by atoms with Crippen LogP contribution in [0.3, 0.4) is 0 Å². The quantitative estimate of drug-likeness (QED) is 0.486. The van der Waals surface area contributed by atoms with Crippen LogP contribution in [0, 0.1) is 0 Å². The van der Waals surface area contributed by atoms with Gasteiger partial charge in [-0.05, 0) is 77.8 Å². The molecule has 3 aliphatic rings. The van der Waals surface area contributed by atoms with Crippen LogP contribution >= 0.6 is 23.2 Å². The molecule has 1 aliphatic heterocycles. The number of hydrogen-bond donors (Lipinski definition) is 0. The third-order valence-corrected chi connectivity index (χ3v) is 10.3. The van der Waals surface area contributed by atoms with Crippen molar-refractivity contribution in [2.45, 2.75) is 75.0 Å². The van der Waals surface area contributed by atoms with E-state index < -0.39 is 10.0 Å². The molecule has 166 valence electrons. The molecular weight excluding hydrogens is 449 g/mol. The highest BCUT2D eigenvalue weighted by molar-refractivity contribution is 7.88. The van der Waals surface area contributed by atoms with Crippen LogP contribution in [-0.2, 0) is 27.7 Å². The minimum absolute atomic E-state index is 0.0481. The van der Waals surface area contributed by atoms with Gasteiger partial charge in [-0.2, -0.15) is 4.31 Å². The molecule has 3 nitrogen and oxygen atoms in total. The van der Waals surface area contributed by atoms with E-state index in [-0.39, 0.29) is 5.75 Å². The molecular formula is C25H29Cl2NO2S. The van der Waals surface area contributed by atoms with Gasteiger partial charge in [0.05, 0.1) is 15.8 Å². The van der Waals surface area contributed by atoms with Crippen molar-refractivity contribution < 1.29 is 8.42 Å². The normalized spacial score (nSPS) is 23.4. The molecule has 2 aromatic carbocycles. The fourth-order valence-electron chi connectivity index (χ4n) is 6.20. The van der Waals surface area contributed by atoms with Gasteiger partial charge in [0.25, 0.3) is 0 Å². The molecule has 0 aromatic heterocycles. The molecule has 1 heterocycles. The van der Waals surface area contributed by atoms with E-state index in [2.05, 4.69) is 18.2 Å². The number of halogens is 2. The lowest BCUT2D eigenvalue weighted by Gasteiger charge is -2.45. The van der Waals surface area contributed by atoms with Crippen molar-refractivity contribution in [3.05, 3.63) is 68.7 Å². The lowest BCUT2D eigenvalue weighted by molar-refractivity contribution is 0.240. The number of fused-ring (bicyclic) bond motifs is 1. The fraction of sp³-hybridized carbons (Fsp3) is 0.520. The second-order valence-corrected chi connectivity index (χ2v) is 12.4. The van der Waals surface area contributed by atoms with Crippen molar-refractivity contribution >= 4 is 33.2 Å². The second kappa shape index (κ2) is 8.37. The largest absolute Gasteiger partial charge is 0.218 e. The zero-order chi connectivity index (χ0) is 21.6. The fourth-order valence-corrected chi connectivity index (χ4v) is 8.02. The first-order valence-electron chi connectivity index (χ1n) is 11.4. The Bertz CT molecular complexity index is 1090. The summed E-state index contributed by atoms with van der Waals surface area (Å²) in [5.74, 6) is 0.428. The Morgan fingerprint density at radius 1 is 0.968 bits per heavy atom. The SMILES string of the molecule is O=S(=O)(Cc1ccc(Cl)c(Cl)c1)N1CC[C@H]2CCC3(CCCCC3)c3cccc(c32)C1. The van der Waals surface area contributed by atoms with Crippen LogP contribution in [0.1, 0.15) is 79.5 Å². The molecule has 1 spiro atoms. The number of benzene rings is 2. The monoisotopic (exact) mass is 477 g/mol. The van der Waals surface area contributed by atoms with Crippen LogP contribution in [0.25, 0.3) is 0 Å². The molecule has 0 unspecified atom stereocenters. The lowest BCUT2D eigenvalue weighted by Crippen LogP contribution is -2.35. The summed E-state index contributed by atoms with van der Waals surface area (Å²) < 4.78 is 28.4. The third-order valence-electron chi connectivity index (χ3n) is 7.76. The Morgan fingerprint density at radius 3 is 2.55 bits per heavy atom. The molecule has 1 fully saturated rings. The van der Waals surface area contributed by atoms with Gasteiger partial charge in [-0.25, -0.2) is 8.42 Å². The van der Waals surface area contributed by atoms with E-state index in [9.17, 15) is 8.42 Å². The van der Waals surface area contributed by atoms with Crippen molar-refractivity contribution in [2.75, 3.05) is 6.54 Å². The van der Waals surface area contributed by atoms with Gasteiger partial charge in [-0.15, -0.1) is 0 Å². The highest BCUT2D eigenvalue weighted by Gasteiger charge is 2.42. The average Bonchev–Trinajstić information content (AvgIpc) is 2.95. The van der Waals surface area contributed by atoms with Crippen LogP contribution < -0.4 is 0 Å². The first-order chi connectivity index (χ1) is 14.9. The maximum Gasteiger partial charge on any atom is 0.218 e. The number of sulfonamides is 1. The van der Waals surface area contributed by atoms with Crippen LogP contribution in [0.4, 0.5) is 0 Å². The summed E-state index contributed by atoms with van der Waals surface area (Å²) in [4.78, 5) is 0. The zero-order valence-corrected chi connectivity index (χ0v) is 20.1. The Balaban J connectivity index is 1.46. The number of rotatable bonds is 3. The second-order valence-electron chi connectivity index (χ2n) is 9.58. The maximum absolute atomic E-state index is 13.4. The summed E-state index contributed by atoms with van der Waals surface area (Å²) in [6, 6.07) is 11.7. The van der Waals surface area contributed by atoms with E-state index in [1.165, 1.54) is 61.6 Å². The Kier molecular flexibility index (Phi) is 5.87. The minimum Gasteiger partial charge on any atom is -0.212 e. The van der Waals surface area contributed by atoms with Crippen molar-refractivity contribution in [1.29, 1.82) is 0 Å². The standard InChI is InChI=1S/C25H29Cl2NO2S/c26-22-8-7-18(15-23(22)27)17-31(29,30)28-14-10-19-9-13-25(11-2-1-3-12-25)21-6-4-5-20(16-28)24(19)21/h4-8,15,19H,1-3,9-14,16-17H2/t19-/m1/s1. The van der Waals surface area contributed by atoms with Gasteiger partial charge < -0.3 is 0 Å². The number of nitrogens with zero attached hydrogens (tertiary/aromatic N) is 1. The third kappa shape index (κ3) is 4.06. The molecule has 1 atom stereocenters. The van der Waals surface area contributed by atoms with Crippen LogP contribution in [-0.4, -0.2) is 19.3 Å². The molecule has 31 heavy (non-hydrogen) atoms. The van der Waals surface area contributed by atoms with Gasteiger partial charge in [-0.3, -0.25) is 0 Å². The van der Waals surface area contributed by atoms with Crippen LogP contribution in [0.15, 0.2) is 36.4 Å². The molecule has 1 saturated carbocycles. The topological polar surface area (TPSA) is 37.4 Å². The molecule has 6 heteroatoms. The molecule has 0 N–H and O–H groups in total. The number of hydrogen-bond acceptors (Lipinski definition) is 2. The zero-order valence-electron chi connectivity index (χ0n) is 17.7. The van der Waals surface area contributed by atoms with Crippen LogP contribution in [0.2, 0.25) is 10.0 Å². The Morgan fingerprint density at radius 2 is 1.77 bits per heavy atom. The predicted molar refractivity (Wildman–Crippen MR) is 127 cm³/mol. The average molecular weight is 478 g/mol. The summed E-state index contributed by atoms with van der Waals surface area (Å²) >= 11 is 12.1. The molecule has 0 saturated heterocycles. The molecule has 2 aliphatic carbocycles. The van der Waals surface area contributed by atoms with Gasteiger partial charge in [-0.1, -0.05) is 66.7 Å². The first kappa shape index (κ1) is 21.8. The Labute approximate surface area is 195 Å². The van der Waals surface area contributed by atoms with Crippen molar-refractivity contribution in [3.63, 3.8) is 0 Å². The Hall–Kier alpha value is -1.07. The van der Waals surface area contributed by atoms with Crippen molar-refractivity contribution in [3.8, 4) is 0 Å².